The lowest BCUT2D eigenvalue weighted by Crippen LogP contribution is -2.27. The first-order chi connectivity index (χ1) is 13.5. The van der Waals surface area contributed by atoms with Crippen molar-refractivity contribution in [2.75, 3.05) is 18.5 Å². The Morgan fingerprint density at radius 1 is 1.07 bits per heavy atom. The van der Waals surface area contributed by atoms with Gasteiger partial charge in [-0.2, -0.15) is 8.78 Å². The van der Waals surface area contributed by atoms with Gasteiger partial charge in [0, 0.05) is 12.2 Å². The summed E-state index contributed by atoms with van der Waals surface area (Å²) in [7, 11) is 0. The van der Waals surface area contributed by atoms with E-state index in [1.54, 1.807) is 36.4 Å². The van der Waals surface area contributed by atoms with E-state index in [1.165, 1.54) is 12.1 Å². The van der Waals surface area contributed by atoms with E-state index in [-0.39, 0.29) is 30.6 Å². The average Bonchev–Trinajstić information content (AvgIpc) is 2.68. The Morgan fingerprint density at radius 2 is 1.79 bits per heavy atom. The Hall–Kier alpha value is -3.16. The number of halogens is 2. The van der Waals surface area contributed by atoms with Crippen LogP contribution in [0.2, 0.25) is 0 Å². The molecule has 6 nitrogen and oxygen atoms in total. The van der Waals surface area contributed by atoms with E-state index >= 15 is 0 Å². The van der Waals surface area contributed by atoms with Crippen LogP contribution in [0.4, 0.5) is 20.2 Å². The molecule has 2 aromatic carbocycles. The molecule has 2 N–H and O–H groups in total. The summed E-state index contributed by atoms with van der Waals surface area (Å²) in [6.07, 6.45) is 0.833. The van der Waals surface area contributed by atoms with Gasteiger partial charge in [-0.25, -0.2) is 0 Å². The zero-order chi connectivity index (χ0) is 20.4. The third-order valence-corrected chi connectivity index (χ3v) is 3.61. The highest BCUT2D eigenvalue weighted by molar-refractivity contribution is 6.00. The van der Waals surface area contributed by atoms with Crippen molar-refractivity contribution in [3.63, 3.8) is 0 Å². The molecule has 2 aromatic rings. The maximum absolute atomic E-state index is 12.4. The van der Waals surface area contributed by atoms with E-state index in [4.69, 9.17) is 4.74 Å². The molecule has 0 atom stereocenters. The van der Waals surface area contributed by atoms with E-state index in [0.29, 0.717) is 23.5 Å². The minimum atomic E-state index is -2.89. The molecule has 0 radical (unpaired) electrons. The number of anilines is 2. The summed E-state index contributed by atoms with van der Waals surface area (Å²) in [4.78, 5) is 23.9. The standard InChI is InChI=1S/C20H22F2N2O4/c1-2-13-27-18(25)11-12-23-19(26)16-5-3-4-6-17(16)24-14-7-9-15(10-8-14)28-20(21)22/h3-10,20,24H,2,11-13H2,1H3,(H,23,26). The van der Waals surface area contributed by atoms with Crippen molar-refractivity contribution in [1.82, 2.24) is 5.32 Å². The molecule has 28 heavy (non-hydrogen) atoms. The number of nitrogens with one attached hydrogen (secondary N) is 2. The van der Waals surface area contributed by atoms with E-state index in [0.717, 1.165) is 6.42 Å². The SMILES string of the molecule is CCCOC(=O)CCNC(=O)c1ccccc1Nc1ccc(OC(F)F)cc1. The second-order valence-corrected chi connectivity index (χ2v) is 5.80. The van der Waals surface area contributed by atoms with Crippen molar-refractivity contribution in [3.05, 3.63) is 54.1 Å². The van der Waals surface area contributed by atoms with E-state index in [9.17, 15) is 18.4 Å². The Bertz CT molecular complexity index is 782. The van der Waals surface area contributed by atoms with Gasteiger partial charge in [0.1, 0.15) is 5.75 Å². The average molecular weight is 392 g/mol. The first-order valence-electron chi connectivity index (χ1n) is 8.84. The Kier molecular flexibility index (Phi) is 8.20. The topological polar surface area (TPSA) is 76.7 Å². The fourth-order valence-electron chi connectivity index (χ4n) is 2.33. The number of benzene rings is 2. The van der Waals surface area contributed by atoms with Gasteiger partial charge < -0.3 is 20.1 Å². The first-order valence-corrected chi connectivity index (χ1v) is 8.84. The van der Waals surface area contributed by atoms with Crippen LogP contribution in [0, 0.1) is 0 Å². The molecule has 0 fully saturated rings. The number of rotatable bonds is 10. The van der Waals surface area contributed by atoms with Crippen LogP contribution in [0.3, 0.4) is 0 Å². The minimum absolute atomic E-state index is 0.0431. The Labute approximate surface area is 161 Å². The highest BCUT2D eigenvalue weighted by atomic mass is 19.3. The number of carbonyl (C=O) groups is 2. The van der Waals surface area contributed by atoms with Gasteiger partial charge in [-0.05, 0) is 42.8 Å². The highest BCUT2D eigenvalue weighted by Crippen LogP contribution is 2.23. The van der Waals surface area contributed by atoms with Crippen LogP contribution < -0.4 is 15.4 Å². The summed E-state index contributed by atoms with van der Waals surface area (Å²) in [5.74, 6) is -0.662. The van der Waals surface area contributed by atoms with Gasteiger partial charge in [0.05, 0.1) is 24.3 Å². The molecule has 0 aliphatic rings. The second kappa shape index (κ2) is 10.9. The minimum Gasteiger partial charge on any atom is -0.466 e. The Balaban J connectivity index is 1.96. The van der Waals surface area contributed by atoms with Crippen LogP contribution in [0.25, 0.3) is 0 Å². The van der Waals surface area contributed by atoms with Crippen LogP contribution >= 0.6 is 0 Å². The Morgan fingerprint density at radius 3 is 2.46 bits per heavy atom. The second-order valence-electron chi connectivity index (χ2n) is 5.80. The molecule has 0 aromatic heterocycles. The van der Waals surface area contributed by atoms with Crippen LogP contribution in [-0.2, 0) is 9.53 Å². The fourth-order valence-corrected chi connectivity index (χ4v) is 2.33. The van der Waals surface area contributed by atoms with Gasteiger partial charge in [-0.1, -0.05) is 19.1 Å². The van der Waals surface area contributed by atoms with Crippen molar-refractivity contribution in [1.29, 1.82) is 0 Å². The number of para-hydroxylation sites is 1. The number of amides is 1. The molecule has 0 bridgehead atoms. The monoisotopic (exact) mass is 392 g/mol. The highest BCUT2D eigenvalue weighted by Gasteiger charge is 2.12. The lowest BCUT2D eigenvalue weighted by atomic mass is 10.1. The predicted molar refractivity (Wildman–Crippen MR) is 101 cm³/mol. The molecular weight excluding hydrogens is 370 g/mol. The smallest absolute Gasteiger partial charge is 0.387 e. The molecule has 150 valence electrons. The summed E-state index contributed by atoms with van der Waals surface area (Å²) in [6.45, 7) is -0.462. The van der Waals surface area contributed by atoms with Crippen molar-refractivity contribution in [3.8, 4) is 5.75 Å². The number of esters is 1. The van der Waals surface area contributed by atoms with Gasteiger partial charge in [0.2, 0.25) is 0 Å². The van der Waals surface area contributed by atoms with Crippen LogP contribution in [0.15, 0.2) is 48.5 Å². The largest absolute Gasteiger partial charge is 0.466 e. The molecule has 0 saturated heterocycles. The predicted octanol–water partition coefficient (Wildman–Crippen LogP) is 4.10. The maximum Gasteiger partial charge on any atom is 0.387 e. The molecule has 0 aliphatic heterocycles. The van der Waals surface area contributed by atoms with Crippen LogP contribution in [0.5, 0.6) is 5.75 Å². The van der Waals surface area contributed by atoms with E-state index < -0.39 is 6.61 Å². The number of hydrogen-bond donors (Lipinski definition) is 2. The lowest BCUT2D eigenvalue weighted by Gasteiger charge is -2.13. The molecule has 0 saturated carbocycles. The molecule has 0 aliphatic carbocycles. The normalized spacial score (nSPS) is 10.4. The zero-order valence-electron chi connectivity index (χ0n) is 15.4. The summed E-state index contributed by atoms with van der Waals surface area (Å²) in [5, 5.41) is 5.75. The van der Waals surface area contributed by atoms with Gasteiger partial charge in [-0.15, -0.1) is 0 Å². The molecule has 2 rings (SSSR count). The molecule has 8 heteroatoms. The van der Waals surface area contributed by atoms with Gasteiger partial charge >= 0.3 is 12.6 Å². The van der Waals surface area contributed by atoms with E-state index in [1.807, 2.05) is 6.92 Å². The third kappa shape index (κ3) is 6.86. The maximum atomic E-state index is 12.4. The van der Waals surface area contributed by atoms with Crippen molar-refractivity contribution in [2.45, 2.75) is 26.4 Å². The summed E-state index contributed by atoms with van der Waals surface area (Å²) in [5.41, 5.74) is 1.53. The summed E-state index contributed by atoms with van der Waals surface area (Å²) < 4.78 is 33.7. The summed E-state index contributed by atoms with van der Waals surface area (Å²) >= 11 is 0. The quantitative estimate of drug-likeness (QED) is 0.595. The molecule has 0 unspecified atom stereocenters. The van der Waals surface area contributed by atoms with Crippen molar-refractivity contribution >= 4 is 23.3 Å². The van der Waals surface area contributed by atoms with Gasteiger partial charge in [0.25, 0.3) is 5.91 Å². The van der Waals surface area contributed by atoms with Crippen molar-refractivity contribution < 1.29 is 27.8 Å². The van der Waals surface area contributed by atoms with Crippen LogP contribution in [-0.4, -0.2) is 31.6 Å². The molecule has 0 spiro atoms. The number of alkyl halides is 2. The molecule has 0 heterocycles. The van der Waals surface area contributed by atoms with E-state index in [2.05, 4.69) is 15.4 Å². The van der Waals surface area contributed by atoms with Gasteiger partial charge in [0.15, 0.2) is 0 Å². The molecular formula is C20H22F2N2O4. The lowest BCUT2D eigenvalue weighted by molar-refractivity contribution is -0.143. The molecule has 1 amide bonds. The van der Waals surface area contributed by atoms with Gasteiger partial charge in [-0.3, -0.25) is 9.59 Å². The van der Waals surface area contributed by atoms with Crippen LogP contribution in [0.1, 0.15) is 30.1 Å². The number of hydrogen-bond acceptors (Lipinski definition) is 5. The third-order valence-electron chi connectivity index (χ3n) is 3.61. The fraction of sp³-hybridized carbons (Fsp3) is 0.300. The number of ether oxygens (including phenoxy) is 2. The number of carbonyl (C=O) groups excluding carboxylic acids is 2. The first kappa shape index (κ1) is 21.1. The zero-order valence-corrected chi connectivity index (χ0v) is 15.4. The summed E-state index contributed by atoms with van der Waals surface area (Å²) in [6, 6.07) is 12.8. The van der Waals surface area contributed by atoms with Crippen molar-refractivity contribution in [2.24, 2.45) is 0 Å².